The average Bonchev–Trinajstić information content (AvgIpc) is 2.84. The van der Waals surface area contributed by atoms with Crippen molar-refractivity contribution in [3.05, 3.63) is 89.7 Å². The predicted octanol–water partition coefficient (Wildman–Crippen LogP) is 4.36. The smallest absolute Gasteiger partial charge is 0.271 e. The van der Waals surface area contributed by atoms with Gasteiger partial charge in [0.05, 0.1) is 13.3 Å². The third-order valence-electron chi connectivity index (χ3n) is 4.37. The molecule has 8 nitrogen and oxygen atoms in total. The van der Waals surface area contributed by atoms with Crippen LogP contribution in [-0.2, 0) is 0 Å². The number of hydrogen-bond acceptors (Lipinski definition) is 6. The van der Waals surface area contributed by atoms with Gasteiger partial charge >= 0.3 is 0 Å². The summed E-state index contributed by atoms with van der Waals surface area (Å²) in [7, 11) is 1.53. The van der Waals surface area contributed by atoms with Crippen molar-refractivity contribution in [2.45, 2.75) is 10.0 Å². The molecule has 11 heteroatoms. The maximum atomic E-state index is 12.6. The van der Waals surface area contributed by atoms with Crippen molar-refractivity contribution in [2.24, 2.45) is 5.10 Å². The summed E-state index contributed by atoms with van der Waals surface area (Å²) in [4.78, 5) is 28.4. The van der Waals surface area contributed by atoms with Crippen LogP contribution in [0.4, 0.5) is 0 Å². The summed E-state index contributed by atoms with van der Waals surface area (Å²) < 4.78 is 8.83. The summed E-state index contributed by atoms with van der Waals surface area (Å²) >= 11 is 18.0. The van der Waals surface area contributed by atoms with Gasteiger partial charge in [-0.15, -0.1) is 0 Å². The Hall–Kier alpha value is -3.33. The Balaban J connectivity index is 1.61. The monoisotopic (exact) mass is 520 g/mol. The van der Waals surface area contributed by atoms with E-state index < -0.39 is 15.9 Å². The number of carbonyl (C=O) groups is 2. The largest absolute Gasteiger partial charge is 0.497 e. The number of halogens is 3. The van der Waals surface area contributed by atoms with E-state index in [1.807, 2.05) is 0 Å². The van der Waals surface area contributed by atoms with Crippen molar-refractivity contribution in [3.8, 4) is 11.5 Å². The molecule has 1 heterocycles. The highest BCUT2D eigenvalue weighted by molar-refractivity contribution is 6.68. The number of carbonyl (C=O) groups excluding carboxylic acids is 2. The van der Waals surface area contributed by atoms with Crippen LogP contribution in [0.2, 0.25) is 0 Å². The third kappa shape index (κ3) is 7.34. The molecular formula is C23H19Cl3N4O4. The molecule has 1 atom stereocenters. The summed E-state index contributed by atoms with van der Waals surface area (Å²) in [6.07, 6.45) is 3.22. The van der Waals surface area contributed by atoms with E-state index in [1.54, 1.807) is 60.7 Å². The predicted molar refractivity (Wildman–Crippen MR) is 131 cm³/mol. The van der Waals surface area contributed by atoms with Crippen LogP contribution in [0.25, 0.3) is 0 Å². The molecule has 2 N–H and O–H groups in total. The van der Waals surface area contributed by atoms with Gasteiger partial charge in [-0.2, -0.15) is 5.10 Å². The van der Waals surface area contributed by atoms with Gasteiger partial charge in [-0.05, 0) is 66.2 Å². The number of nitrogens with one attached hydrogen (secondary N) is 2. The summed E-state index contributed by atoms with van der Waals surface area (Å²) in [6.45, 7) is 0. The molecule has 3 rings (SSSR count). The van der Waals surface area contributed by atoms with Crippen LogP contribution >= 0.6 is 34.8 Å². The zero-order valence-electron chi connectivity index (χ0n) is 17.7. The van der Waals surface area contributed by atoms with Crippen LogP contribution in [0.3, 0.4) is 0 Å². The van der Waals surface area contributed by atoms with Gasteiger partial charge in [-0.25, -0.2) is 5.43 Å². The Morgan fingerprint density at radius 2 is 1.50 bits per heavy atom. The number of benzene rings is 2. The minimum absolute atomic E-state index is 0.337. The molecule has 0 radical (unpaired) electrons. The first-order valence-corrected chi connectivity index (χ1v) is 10.9. The van der Waals surface area contributed by atoms with Crippen LogP contribution in [0.5, 0.6) is 11.5 Å². The molecule has 2 amide bonds. The number of aromatic nitrogens is 1. The lowest BCUT2D eigenvalue weighted by Gasteiger charge is -2.26. The van der Waals surface area contributed by atoms with Gasteiger partial charge in [-0.3, -0.25) is 14.6 Å². The molecule has 3 aromatic rings. The summed E-state index contributed by atoms with van der Waals surface area (Å²) in [6, 6.07) is 16.1. The number of methoxy groups -OCH3 is 1. The minimum atomic E-state index is -1.94. The lowest BCUT2D eigenvalue weighted by molar-refractivity contribution is 0.0832. The molecule has 34 heavy (non-hydrogen) atoms. The Bertz CT molecular complexity index is 1140. The van der Waals surface area contributed by atoms with E-state index in [4.69, 9.17) is 44.3 Å². The van der Waals surface area contributed by atoms with E-state index in [9.17, 15) is 9.59 Å². The Morgan fingerprint density at radius 1 is 0.912 bits per heavy atom. The molecule has 0 unspecified atom stereocenters. The van der Waals surface area contributed by atoms with E-state index in [2.05, 4.69) is 20.8 Å². The number of pyridine rings is 1. The number of nitrogens with zero attached hydrogens (tertiary/aromatic N) is 2. The first kappa shape index (κ1) is 25.3. The maximum absolute atomic E-state index is 12.6. The van der Waals surface area contributed by atoms with Crippen LogP contribution in [-0.4, -0.2) is 40.1 Å². The van der Waals surface area contributed by atoms with Crippen molar-refractivity contribution in [2.75, 3.05) is 7.11 Å². The third-order valence-corrected chi connectivity index (χ3v) is 4.96. The standard InChI is InChI=1S/C23H19Cl3N4O4/c1-33-18-8-4-16(5-9-18)20(31)29-22(23(24,25)26)34-19-6-2-15(3-7-19)14-28-30-21(32)17-10-12-27-13-11-17/h2-14,22H,1H3,(H,29,31)(H,30,32)/b28-14-/t22-/m1/s1. The Morgan fingerprint density at radius 3 is 2.09 bits per heavy atom. The highest BCUT2D eigenvalue weighted by Crippen LogP contribution is 2.32. The molecule has 2 aromatic carbocycles. The highest BCUT2D eigenvalue weighted by atomic mass is 35.6. The number of amides is 2. The fraction of sp³-hybridized carbons (Fsp3) is 0.130. The molecule has 176 valence electrons. The molecular weight excluding hydrogens is 503 g/mol. The highest BCUT2D eigenvalue weighted by Gasteiger charge is 2.36. The van der Waals surface area contributed by atoms with Crippen molar-refractivity contribution in [1.29, 1.82) is 0 Å². The first-order valence-electron chi connectivity index (χ1n) is 9.78. The lowest BCUT2D eigenvalue weighted by atomic mass is 10.2. The minimum Gasteiger partial charge on any atom is -0.497 e. The quantitative estimate of drug-likeness (QED) is 0.198. The van der Waals surface area contributed by atoms with Crippen molar-refractivity contribution in [3.63, 3.8) is 0 Å². The van der Waals surface area contributed by atoms with Crippen molar-refractivity contribution in [1.82, 2.24) is 15.7 Å². The van der Waals surface area contributed by atoms with E-state index in [0.717, 1.165) is 0 Å². The van der Waals surface area contributed by atoms with Crippen molar-refractivity contribution >= 4 is 52.8 Å². The molecule has 0 aliphatic rings. The second-order valence-electron chi connectivity index (χ2n) is 6.75. The molecule has 1 aromatic heterocycles. The SMILES string of the molecule is COc1ccc(C(=O)N[C@H](Oc2ccc(/C=N\NC(=O)c3ccncc3)cc2)C(Cl)(Cl)Cl)cc1. The summed E-state index contributed by atoms with van der Waals surface area (Å²) in [5.74, 6) is 0.0833. The van der Waals surface area contributed by atoms with E-state index in [1.165, 1.54) is 25.7 Å². The zero-order valence-corrected chi connectivity index (χ0v) is 20.0. The fourth-order valence-electron chi connectivity index (χ4n) is 2.62. The van der Waals surface area contributed by atoms with Crippen LogP contribution in [0.15, 0.2) is 78.2 Å². The number of hydrogen-bond donors (Lipinski definition) is 2. The van der Waals surface area contributed by atoms with Crippen LogP contribution < -0.4 is 20.2 Å². The van der Waals surface area contributed by atoms with Gasteiger partial charge in [0.25, 0.3) is 11.8 Å². The molecule has 0 fully saturated rings. The second-order valence-corrected chi connectivity index (χ2v) is 9.11. The van der Waals surface area contributed by atoms with Gasteiger partial charge in [-0.1, -0.05) is 34.8 Å². The molecule has 0 spiro atoms. The molecule has 0 bridgehead atoms. The second kappa shape index (κ2) is 11.7. The van der Waals surface area contributed by atoms with E-state index >= 15 is 0 Å². The molecule has 0 saturated carbocycles. The Kier molecular flexibility index (Phi) is 8.70. The van der Waals surface area contributed by atoms with Crippen LogP contribution in [0.1, 0.15) is 26.3 Å². The van der Waals surface area contributed by atoms with E-state index in [-0.39, 0.29) is 5.91 Å². The van der Waals surface area contributed by atoms with Crippen molar-refractivity contribution < 1.29 is 19.1 Å². The zero-order chi connectivity index (χ0) is 24.6. The summed E-state index contributed by atoms with van der Waals surface area (Å²) in [5.41, 5.74) is 3.87. The van der Waals surface area contributed by atoms with Gasteiger partial charge < -0.3 is 14.8 Å². The number of hydrazone groups is 1. The number of rotatable bonds is 8. The summed E-state index contributed by atoms with van der Waals surface area (Å²) in [5, 5.41) is 6.48. The molecule has 0 aliphatic carbocycles. The normalized spacial score (nSPS) is 12.1. The number of ether oxygens (including phenoxy) is 2. The maximum Gasteiger partial charge on any atom is 0.271 e. The van der Waals surface area contributed by atoms with Gasteiger partial charge in [0.2, 0.25) is 10.0 Å². The Labute approximate surface area is 210 Å². The average molecular weight is 522 g/mol. The topological polar surface area (TPSA) is 102 Å². The lowest BCUT2D eigenvalue weighted by Crippen LogP contribution is -2.47. The van der Waals surface area contributed by atoms with Gasteiger partial charge in [0, 0.05) is 23.5 Å². The van der Waals surface area contributed by atoms with Crippen LogP contribution in [0, 0.1) is 0 Å². The molecule has 0 aliphatic heterocycles. The fourth-order valence-corrected chi connectivity index (χ4v) is 2.92. The van der Waals surface area contributed by atoms with Gasteiger partial charge in [0.1, 0.15) is 11.5 Å². The van der Waals surface area contributed by atoms with E-state index in [0.29, 0.717) is 28.2 Å². The van der Waals surface area contributed by atoms with Gasteiger partial charge in [0.15, 0.2) is 0 Å². The number of alkyl halides is 3. The molecule has 0 saturated heterocycles. The first-order chi connectivity index (χ1) is 16.3.